The summed E-state index contributed by atoms with van der Waals surface area (Å²) < 4.78 is 9.77. The number of benzene rings is 1. The van der Waals surface area contributed by atoms with Crippen LogP contribution in [0.1, 0.15) is 33.2 Å². The average molecular weight is 371 g/mol. The highest BCUT2D eigenvalue weighted by Gasteiger charge is 2.23. The van der Waals surface area contributed by atoms with E-state index in [1.165, 1.54) is 25.1 Å². The first-order valence-corrected chi connectivity index (χ1v) is 7.90. The van der Waals surface area contributed by atoms with Crippen LogP contribution < -0.4 is 0 Å². The topological polar surface area (TPSA) is 110 Å². The maximum absolute atomic E-state index is 12.3. The van der Waals surface area contributed by atoms with E-state index in [0.29, 0.717) is 5.56 Å². The quantitative estimate of drug-likeness (QED) is 0.295. The Morgan fingerprint density at radius 3 is 2.44 bits per heavy atom. The first-order valence-electron chi connectivity index (χ1n) is 7.36. The number of hydrogen-bond donors (Lipinski definition) is 2. The molecular formula is C17H19ClO7. The SMILES string of the molecule is C=C(C)C(=O)OCCOC(=O)c1c(CC(O)CCl)cccc1C(=O)O. The number of carbonyl (C=O) groups is 3. The van der Waals surface area contributed by atoms with Gasteiger partial charge in [0.2, 0.25) is 0 Å². The van der Waals surface area contributed by atoms with Gasteiger partial charge in [0.05, 0.1) is 17.2 Å². The molecule has 0 aromatic heterocycles. The van der Waals surface area contributed by atoms with Gasteiger partial charge in [-0.15, -0.1) is 11.6 Å². The largest absolute Gasteiger partial charge is 0.478 e. The second-order valence-corrected chi connectivity index (χ2v) is 5.52. The van der Waals surface area contributed by atoms with E-state index < -0.39 is 24.0 Å². The van der Waals surface area contributed by atoms with Crippen LogP contribution in [0, 0.1) is 0 Å². The highest BCUT2D eigenvalue weighted by molar-refractivity contribution is 6.18. The van der Waals surface area contributed by atoms with Crippen molar-refractivity contribution in [3.63, 3.8) is 0 Å². The van der Waals surface area contributed by atoms with Gasteiger partial charge < -0.3 is 19.7 Å². The van der Waals surface area contributed by atoms with Crippen molar-refractivity contribution in [1.29, 1.82) is 0 Å². The molecule has 0 aliphatic rings. The smallest absolute Gasteiger partial charge is 0.339 e. The number of aliphatic hydroxyl groups excluding tert-OH is 1. The molecule has 8 heteroatoms. The van der Waals surface area contributed by atoms with E-state index in [4.69, 9.17) is 21.1 Å². The molecule has 2 N–H and O–H groups in total. The standard InChI is InChI=1S/C17H19ClO7/c1-10(2)16(22)24-6-7-25-17(23)14-11(8-12(19)9-18)4-3-5-13(14)15(20)21/h3-5,12,19H,1,6-9H2,2H3,(H,20,21). The Morgan fingerprint density at radius 1 is 1.24 bits per heavy atom. The third-order valence-corrected chi connectivity index (χ3v) is 3.47. The molecule has 0 bridgehead atoms. The van der Waals surface area contributed by atoms with Crippen LogP contribution in [0.3, 0.4) is 0 Å². The minimum absolute atomic E-state index is 0.000300. The van der Waals surface area contributed by atoms with Crippen LogP contribution in [0.25, 0.3) is 0 Å². The number of hydrogen-bond acceptors (Lipinski definition) is 6. The summed E-state index contributed by atoms with van der Waals surface area (Å²) in [5.74, 6) is -2.88. The Morgan fingerprint density at radius 2 is 1.88 bits per heavy atom. The summed E-state index contributed by atoms with van der Waals surface area (Å²) in [7, 11) is 0. The third-order valence-electron chi connectivity index (χ3n) is 3.12. The normalized spacial score (nSPS) is 11.5. The molecule has 1 atom stereocenters. The molecule has 0 saturated carbocycles. The number of aromatic carboxylic acids is 1. The number of carboxylic acids is 1. The third kappa shape index (κ3) is 6.21. The maximum atomic E-state index is 12.3. The van der Waals surface area contributed by atoms with Crippen molar-refractivity contribution in [2.24, 2.45) is 0 Å². The van der Waals surface area contributed by atoms with Crippen molar-refractivity contribution >= 4 is 29.5 Å². The van der Waals surface area contributed by atoms with E-state index in [9.17, 15) is 24.6 Å². The number of ether oxygens (including phenoxy) is 2. The molecule has 0 amide bonds. The van der Waals surface area contributed by atoms with Crippen LogP contribution >= 0.6 is 11.6 Å². The van der Waals surface area contributed by atoms with Crippen molar-refractivity contribution in [3.05, 3.63) is 47.0 Å². The van der Waals surface area contributed by atoms with E-state index >= 15 is 0 Å². The van der Waals surface area contributed by atoms with Crippen LogP contribution in [0.4, 0.5) is 0 Å². The summed E-state index contributed by atoms with van der Waals surface area (Å²) in [5, 5.41) is 18.9. The van der Waals surface area contributed by atoms with E-state index in [2.05, 4.69) is 6.58 Å². The summed E-state index contributed by atoms with van der Waals surface area (Å²) in [4.78, 5) is 34.9. The summed E-state index contributed by atoms with van der Waals surface area (Å²) >= 11 is 5.56. The summed E-state index contributed by atoms with van der Waals surface area (Å²) in [6.45, 7) is 4.46. The molecule has 25 heavy (non-hydrogen) atoms. The fraction of sp³-hybridized carbons (Fsp3) is 0.353. The Balaban J connectivity index is 2.89. The van der Waals surface area contributed by atoms with Gasteiger partial charge in [-0.05, 0) is 18.6 Å². The molecule has 0 saturated heterocycles. The predicted octanol–water partition coefficient (Wildman–Crippen LogP) is 1.80. The van der Waals surface area contributed by atoms with E-state index in [1.54, 1.807) is 0 Å². The Bertz CT molecular complexity index is 669. The lowest BCUT2D eigenvalue weighted by Gasteiger charge is -2.14. The highest BCUT2D eigenvalue weighted by Crippen LogP contribution is 2.19. The van der Waals surface area contributed by atoms with Crippen LogP contribution in [-0.2, 0) is 20.7 Å². The van der Waals surface area contributed by atoms with Crippen molar-refractivity contribution in [1.82, 2.24) is 0 Å². The molecule has 0 aliphatic carbocycles. The predicted molar refractivity (Wildman–Crippen MR) is 89.9 cm³/mol. The molecule has 1 unspecified atom stereocenters. The average Bonchev–Trinajstić information content (AvgIpc) is 2.57. The first kappa shape index (κ1) is 20.7. The molecule has 136 valence electrons. The zero-order chi connectivity index (χ0) is 19.0. The minimum atomic E-state index is -1.30. The van der Waals surface area contributed by atoms with Crippen molar-refractivity contribution in [2.75, 3.05) is 19.1 Å². The highest BCUT2D eigenvalue weighted by atomic mass is 35.5. The van der Waals surface area contributed by atoms with Gasteiger partial charge in [0, 0.05) is 17.9 Å². The monoisotopic (exact) mass is 370 g/mol. The van der Waals surface area contributed by atoms with E-state index in [1.807, 2.05) is 0 Å². The second kappa shape index (κ2) is 9.80. The lowest BCUT2D eigenvalue weighted by atomic mass is 9.97. The van der Waals surface area contributed by atoms with Gasteiger partial charge in [0.1, 0.15) is 13.2 Å². The van der Waals surface area contributed by atoms with Crippen LogP contribution in [-0.4, -0.2) is 53.3 Å². The lowest BCUT2D eigenvalue weighted by Crippen LogP contribution is -2.20. The van der Waals surface area contributed by atoms with Crippen LogP contribution in [0.5, 0.6) is 0 Å². The Kier molecular flexibility index (Phi) is 8.10. The van der Waals surface area contributed by atoms with Gasteiger partial charge >= 0.3 is 17.9 Å². The molecule has 0 fully saturated rings. The molecule has 1 rings (SSSR count). The Hall–Kier alpha value is -2.38. The molecule has 1 aromatic rings. The molecule has 0 aliphatic heterocycles. The number of esters is 2. The summed E-state index contributed by atoms with van der Waals surface area (Å²) in [6.07, 6.45) is -0.937. The number of carbonyl (C=O) groups excluding carboxylic acids is 2. The summed E-state index contributed by atoms with van der Waals surface area (Å²) in [6, 6.07) is 4.24. The van der Waals surface area contributed by atoms with Gasteiger partial charge in [-0.25, -0.2) is 14.4 Å². The van der Waals surface area contributed by atoms with Crippen LogP contribution in [0.2, 0.25) is 0 Å². The van der Waals surface area contributed by atoms with Gasteiger partial charge in [0.25, 0.3) is 0 Å². The van der Waals surface area contributed by atoms with E-state index in [0.717, 1.165) is 0 Å². The van der Waals surface area contributed by atoms with E-state index in [-0.39, 0.29) is 42.2 Å². The molecule has 1 aromatic carbocycles. The number of halogens is 1. The molecule has 0 heterocycles. The van der Waals surface area contributed by atoms with Gasteiger partial charge in [0.15, 0.2) is 0 Å². The van der Waals surface area contributed by atoms with Crippen molar-refractivity contribution in [2.45, 2.75) is 19.4 Å². The second-order valence-electron chi connectivity index (χ2n) is 5.21. The Labute approximate surface area is 149 Å². The van der Waals surface area contributed by atoms with Crippen molar-refractivity contribution < 1.29 is 34.1 Å². The molecule has 7 nitrogen and oxygen atoms in total. The zero-order valence-electron chi connectivity index (χ0n) is 13.7. The number of rotatable bonds is 9. The summed E-state index contributed by atoms with van der Waals surface area (Å²) in [5.41, 5.74) is 0.102. The first-order chi connectivity index (χ1) is 11.8. The number of carboxylic acid groups (broad SMARTS) is 1. The van der Waals surface area contributed by atoms with Crippen LogP contribution in [0.15, 0.2) is 30.4 Å². The molecule has 0 spiro atoms. The van der Waals surface area contributed by atoms with Gasteiger partial charge in [-0.2, -0.15) is 0 Å². The molecular weight excluding hydrogens is 352 g/mol. The fourth-order valence-electron chi connectivity index (χ4n) is 1.96. The van der Waals surface area contributed by atoms with Gasteiger partial charge in [-0.1, -0.05) is 18.7 Å². The van der Waals surface area contributed by atoms with Crippen molar-refractivity contribution in [3.8, 4) is 0 Å². The molecule has 0 radical (unpaired) electrons. The van der Waals surface area contributed by atoms with Gasteiger partial charge in [-0.3, -0.25) is 0 Å². The maximum Gasteiger partial charge on any atom is 0.339 e. The minimum Gasteiger partial charge on any atom is -0.478 e. The lowest BCUT2D eigenvalue weighted by molar-refractivity contribution is -0.140. The number of aliphatic hydroxyl groups is 1. The number of alkyl halides is 1. The zero-order valence-corrected chi connectivity index (χ0v) is 14.4. The fourth-order valence-corrected chi connectivity index (χ4v) is 2.07.